The lowest BCUT2D eigenvalue weighted by Gasteiger charge is -2.21. The van der Waals surface area contributed by atoms with Crippen molar-refractivity contribution in [1.29, 1.82) is 0 Å². The molecule has 3 nitrogen and oxygen atoms in total. The number of nitrogens with zero attached hydrogens (tertiary/aromatic N) is 2. The monoisotopic (exact) mass is 305 g/mol. The van der Waals surface area contributed by atoms with Crippen LogP contribution in [0.25, 0.3) is 0 Å². The SMILES string of the molecule is CCNc1cc(SC2CCCCC2)nc(C(F)(F)F)n1. The van der Waals surface area contributed by atoms with Gasteiger partial charge in [0.15, 0.2) is 0 Å². The van der Waals surface area contributed by atoms with Gasteiger partial charge in [-0.25, -0.2) is 9.97 Å². The van der Waals surface area contributed by atoms with Crippen LogP contribution in [0.2, 0.25) is 0 Å². The molecule has 0 saturated heterocycles. The standard InChI is InChI=1S/C13H18F3N3S/c1-2-17-10-8-11(19-12(18-10)13(14,15)16)20-9-6-4-3-5-7-9/h8-9H,2-7H2,1H3,(H,17,18,19). The lowest BCUT2D eigenvalue weighted by atomic mass is 10.0. The Morgan fingerprint density at radius 2 is 1.95 bits per heavy atom. The fourth-order valence-electron chi connectivity index (χ4n) is 2.24. The quantitative estimate of drug-likeness (QED) is 0.839. The van der Waals surface area contributed by atoms with Crippen LogP contribution in [-0.4, -0.2) is 21.8 Å². The van der Waals surface area contributed by atoms with Crippen LogP contribution in [0.5, 0.6) is 0 Å². The van der Waals surface area contributed by atoms with E-state index in [9.17, 15) is 13.2 Å². The van der Waals surface area contributed by atoms with Gasteiger partial charge in [0, 0.05) is 17.9 Å². The van der Waals surface area contributed by atoms with Crippen LogP contribution >= 0.6 is 11.8 Å². The minimum atomic E-state index is -4.51. The largest absolute Gasteiger partial charge is 0.451 e. The van der Waals surface area contributed by atoms with E-state index >= 15 is 0 Å². The fraction of sp³-hybridized carbons (Fsp3) is 0.692. The van der Waals surface area contributed by atoms with Crippen molar-refractivity contribution in [3.05, 3.63) is 11.9 Å². The number of hydrogen-bond donors (Lipinski definition) is 1. The second kappa shape index (κ2) is 6.65. The Balaban J connectivity index is 2.19. The summed E-state index contributed by atoms with van der Waals surface area (Å²) in [6, 6.07) is 1.61. The van der Waals surface area contributed by atoms with E-state index in [0.717, 1.165) is 25.7 Å². The van der Waals surface area contributed by atoms with E-state index in [-0.39, 0.29) is 5.82 Å². The molecule has 0 radical (unpaired) electrons. The van der Waals surface area contributed by atoms with E-state index in [1.165, 1.54) is 18.2 Å². The van der Waals surface area contributed by atoms with Gasteiger partial charge in [-0.1, -0.05) is 19.3 Å². The topological polar surface area (TPSA) is 37.8 Å². The first-order valence-electron chi connectivity index (χ1n) is 6.86. The molecule has 20 heavy (non-hydrogen) atoms. The van der Waals surface area contributed by atoms with Gasteiger partial charge in [-0.3, -0.25) is 0 Å². The normalized spacial score (nSPS) is 17.2. The van der Waals surface area contributed by atoms with Gasteiger partial charge in [-0.2, -0.15) is 13.2 Å². The summed E-state index contributed by atoms with van der Waals surface area (Å²) in [4.78, 5) is 7.19. The second-order valence-corrected chi connectivity index (χ2v) is 6.14. The van der Waals surface area contributed by atoms with Crippen LogP contribution in [0.15, 0.2) is 11.1 Å². The van der Waals surface area contributed by atoms with E-state index in [1.807, 2.05) is 6.92 Å². The number of hydrogen-bond acceptors (Lipinski definition) is 4. The van der Waals surface area contributed by atoms with Gasteiger partial charge in [0.1, 0.15) is 10.8 Å². The molecule has 1 aliphatic carbocycles. The van der Waals surface area contributed by atoms with Gasteiger partial charge < -0.3 is 5.32 Å². The van der Waals surface area contributed by atoms with Crippen molar-refractivity contribution in [2.45, 2.75) is 55.5 Å². The smallest absolute Gasteiger partial charge is 0.370 e. The molecule has 1 N–H and O–H groups in total. The first-order chi connectivity index (χ1) is 9.49. The van der Waals surface area contributed by atoms with Crippen molar-refractivity contribution in [1.82, 2.24) is 9.97 Å². The molecule has 0 aromatic carbocycles. The Morgan fingerprint density at radius 3 is 2.55 bits per heavy atom. The second-order valence-electron chi connectivity index (χ2n) is 4.82. The predicted molar refractivity (Wildman–Crippen MR) is 73.9 cm³/mol. The minimum Gasteiger partial charge on any atom is -0.370 e. The highest BCUT2D eigenvalue weighted by molar-refractivity contribution is 7.99. The maximum atomic E-state index is 12.8. The fourth-order valence-corrected chi connectivity index (χ4v) is 3.47. The number of alkyl halides is 3. The van der Waals surface area contributed by atoms with Gasteiger partial charge in [0.25, 0.3) is 0 Å². The number of halogens is 3. The maximum absolute atomic E-state index is 12.8. The highest BCUT2D eigenvalue weighted by atomic mass is 32.2. The number of anilines is 1. The zero-order valence-electron chi connectivity index (χ0n) is 11.3. The molecular formula is C13H18F3N3S. The first-order valence-corrected chi connectivity index (χ1v) is 7.74. The molecule has 1 fully saturated rings. The molecule has 7 heteroatoms. The van der Waals surface area contributed by atoms with E-state index < -0.39 is 12.0 Å². The Bertz CT molecular complexity index is 445. The molecule has 1 saturated carbocycles. The van der Waals surface area contributed by atoms with Crippen molar-refractivity contribution < 1.29 is 13.2 Å². The number of rotatable bonds is 4. The summed E-state index contributed by atoms with van der Waals surface area (Å²) in [6.45, 7) is 2.35. The highest BCUT2D eigenvalue weighted by Crippen LogP contribution is 2.35. The summed E-state index contributed by atoms with van der Waals surface area (Å²) in [7, 11) is 0. The van der Waals surface area contributed by atoms with E-state index in [0.29, 0.717) is 16.8 Å². The van der Waals surface area contributed by atoms with E-state index in [4.69, 9.17) is 0 Å². The molecule has 0 atom stereocenters. The van der Waals surface area contributed by atoms with Crippen LogP contribution in [0.1, 0.15) is 44.9 Å². The summed E-state index contributed by atoms with van der Waals surface area (Å²) >= 11 is 1.44. The third-order valence-corrected chi connectivity index (χ3v) is 4.41. The third-order valence-electron chi connectivity index (χ3n) is 3.15. The van der Waals surface area contributed by atoms with Gasteiger partial charge in [-0.15, -0.1) is 11.8 Å². The van der Waals surface area contributed by atoms with Crippen molar-refractivity contribution >= 4 is 17.6 Å². The molecule has 1 heterocycles. The maximum Gasteiger partial charge on any atom is 0.451 e. The van der Waals surface area contributed by atoms with Gasteiger partial charge in [-0.05, 0) is 19.8 Å². The molecule has 0 spiro atoms. The van der Waals surface area contributed by atoms with Gasteiger partial charge >= 0.3 is 6.18 Å². The Kier molecular flexibility index (Phi) is 5.12. The molecule has 2 rings (SSSR count). The Hall–Kier alpha value is -0.980. The van der Waals surface area contributed by atoms with Crippen molar-refractivity contribution in [3.8, 4) is 0 Å². The summed E-state index contributed by atoms with van der Waals surface area (Å²) < 4.78 is 38.4. The summed E-state index contributed by atoms with van der Waals surface area (Å²) in [6.07, 6.45) is 1.10. The van der Waals surface area contributed by atoms with Crippen molar-refractivity contribution in [2.75, 3.05) is 11.9 Å². The zero-order chi connectivity index (χ0) is 14.6. The molecular weight excluding hydrogens is 287 g/mol. The molecule has 112 valence electrons. The number of nitrogens with one attached hydrogen (secondary N) is 1. The van der Waals surface area contributed by atoms with Crippen LogP contribution in [0.3, 0.4) is 0 Å². The average Bonchev–Trinajstić information content (AvgIpc) is 2.39. The summed E-state index contributed by atoms with van der Waals surface area (Å²) in [5, 5.41) is 3.62. The highest BCUT2D eigenvalue weighted by Gasteiger charge is 2.35. The molecule has 1 aromatic heterocycles. The lowest BCUT2D eigenvalue weighted by Crippen LogP contribution is -2.15. The molecule has 0 unspecified atom stereocenters. The number of aromatic nitrogens is 2. The zero-order valence-corrected chi connectivity index (χ0v) is 12.2. The summed E-state index contributed by atoms with van der Waals surface area (Å²) in [5.41, 5.74) is 0. The molecule has 0 amide bonds. The average molecular weight is 305 g/mol. The first kappa shape index (κ1) is 15.4. The molecule has 1 aromatic rings. The molecule has 1 aliphatic rings. The third kappa shape index (κ3) is 4.26. The van der Waals surface area contributed by atoms with Gasteiger partial charge in [0.2, 0.25) is 5.82 Å². The molecule has 0 bridgehead atoms. The van der Waals surface area contributed by atoms with Crippen molar-refractivity contribution in [3.63, 3.8) is 0 Å². The van der Waals surface area contributed by atoms with Crippen LogP contribution < -0.4 is 5.32 Å². The van der Waals surface area contributed by atoms with Gasteiger partial charge in [0.05, 0.1) is 0 Å². The predicted octanol–water partition coefficient (Wildman–Crippen LogP) is 4.35. The minimum absolute atomic E-state index is 0.244. The van der Waals surface area contributed by atoms with Crippen LogP contribution in [-0.2, 0) is 6.18 Å². The summed E-state index contributed by atoms with van der Waals surface area (Å²) in [5.74, 6) is -0.817. The Labute approximate surface area is 120 Å². The van der Waals surface area contributed by atoms with E-state index in [2.05, 4.69) is 15.3 Å². The number of thioether (sulfide) groups is 1. The van der Waals surface area contributed by atoms with Crippen LogP contribution in [0.4, 0.5) is 19.0 Å². The van der Waals surface area contributed by atoms with E-state index in [1.54, 1.807) is 6.07 Å². The Morgan fingerprint density at radius 1 is 1.25 bits per heavy atom. The van der Waals surface area contributed by atoms with Crippen molar-refractivity contribution in [2.24, 2.45) is 0 Å². The molecule has 0 aliphatic heterocycles. The van der Waals surface area contributed by atoms with Crippen LogP contribution in [0, 0.1) is 0 Å². The lowest BCUT2D eigenvalue weighted by molar-refractivity contribution is -0.145.